The molecule has 0 amide bonds. The Morgan fingerprint density at radius 1 is 1.13 bits per heavy atom. The van der Waals surface area contributed by atoms with Crippen LogP contribution < -0.4 is 5.32 Å². The first-order valence-electron chi connectivity index (χ1n) is 6.14. The zero-order chi connectivity index (χ0) is 11.9. The van der Waals surface area contributed by atoms with E-state index in [9.17, 15) is 0 Å². The third kappa shape index (κ3) is 10.2. The van der Waals surface area contributed by atoms with E-state index in [0.29, 0.717) is 6.04 Å². The second kappa shape index (κ2) is 7.24. The minimum atomic E-state index is 0.237. The fourth-order valence-corrected chi connectivity index (χ4v) is 1.20. The summed E-state index contributed by atoms with van der Waals surface area (Å²) in [6, 6.07) is 0.555. The molecule has 0 aromatic heterocycles. The van der Waals surface area contributed by atoms with Crippen molar-refractivity contribution >= 4 is 0 Å². The van der Waals surface area contributed by atoms with E-state index < -0.39 is 0 Å². The molecule has 0 bridgehead atoms. The zero-order valence-corrected chi connectivity index (χ0v) is 11.4. The Hall–Kier alpha value is -0.0800. The second-order valence-electron chi connectivity index (χ2n) is 5.93. The Kier molecular flexibility index (Phi) is 7.20. The van der Waals surface area contributed by atoms with Crippen LogP contribution in [-0.4, -0.2) is 25.8 Å². The second-order valence-corrected chi connectivity index (χ2v) is 5.93. The molecule has 15 heavy (non-hydrogen) atoms. The number of nitrogens with one attached hydrogen (secondary N) is 1. The standard InChI is InChI=1S/C13H29NO/c1-11(2)7-8-15-10-13(5,6)9-14-12(3)4/h11-12,14H,7-10H2,1-6H3. The summed E-state index contributed by atoms with van der Waals surface area (Å²) in [5, 5.41) is 3.46. The third-order valence-electron chi connectivity index (χ3n) is 2.32. The van der Waals surface area contributed by atoms with Crippen molar-refractivity contribution in [2.45, 2.75) is 54.0 Å². The van der Waals surface area contributed by atoms with E-state index in [-0.39, 0.29) is 5.41 Å². The molecule has 0 aromatic rings. The van der Waals surface area contributed by atoms with Crippen LogP contribution in [0.2, 0.25) is 0 Å². The lowest BCUT2D eigenvalue weighted by atomic mass is 9.94. The molecule has 0 spiro atoms. The molecule has 0 saturated heterocycles. The summed E-state index contributed by atoms with van der Waals surface area (Å²) >= 11 is 0. The third-order valence-corrected chi connectivity index (χ3v) is 2.32. The minimum absolute atomic E-state index is 0.237. The molecule has 0 aromatic carbocycles. The van der Waals surface area contributed by atoms with Crippen molar-refractivity contribution in [3.8, 4) is 0 Å². The smallest absolute Gasteiger partial charge is 0.0529 e. The van der Waals surface area contributed by atoms with Gasteiger partial charge in [0.25, 0.3) is 0 Å². The van der Waals surface area contributed by atoms with Crippen LogP contribution >= 0.6 is 0 Å². The van der Waals surface area contributed by atoms with Gasteiger partial charge in [0, 0.05) is 24.6 Å². The Labute approximate surface area is 95.8 Å². The molecule has 0 aliphatic heterocycles. The van der Waals surface area contributed by atoms with Gasteiger partial charge < -0.3 is 10.1 Å². The lowest BCUT2D eigenvalue weighted by Crippen LogP contribution is -2.36. The first-order valence-corrected chi connectivity index (χ1v) is 6.14. The molecule has 0 fully saturated rings. The summed E-state index contributed by atoms with van der Waals surface area (Å²) in [6.07, 6.45) is 1.16. The van der Waals surface area contributed by atoms with E-state index in [1.54, 1.807) is 0 Å². The van der Waals surface area contributed by atoms with Crippen molar-refractivity contribution in [2.75, 3.05) is 19.8 Å². The molecule has 0 unspecified atom stereocenters. The van der Waals surface area contributed by atoms with Crippen LogP contribution in [-0.2, 0) is 4.74 Å². The van der Waals surface area contributed by atoms with Gasteiger partial charge >= 0.3 is 0 Å². The number of hydrogen-bond donors (Lipinski definition) is 1. The SMILES string of the molecule is CC(C)CCOCC(C)(C)CNC(C)C. The normalized spacial score (nSPS) is 12.8. The van der Waals surface area contributed by atoms with Crippen molar-refractivity contribution < 1.29 is 4.74 Å². The van der Waals surface area contributed by atoms with Gasteiger partial charge in [-0.1, -0.05) is 41.5 Å². The van der Waals surface area contributed by atoms with Crippen LogP contribution in [0.5, 0.6) is 0 Å². The van der Waals surface area contributed by atoms with Gasteiger partial charge in [0.15, 0.2) is 0 Å². The highest BCUT2D eigenvalue weighted by atomic mass is 16.5. The molecular weight excluding hydrogens is 186 g/mol. The van der Waals surface area contributed by atoms with E-state index in [4.69, 9.17) is 4.74 Å². The molecule has 2 nitrogen and oxygen atoms in total. The highest BCUT2D eigenvalue weighted by molar-refractivity contribution is 4.72. The predicted molar refractivity (Wildman–Crippen MR) is 67.2 cm³/mol. The van der Waals surface area contributed by atoms with E-state index in [1.165, 1.54) is 0 Å². The maximum atomic E-state index is 5.70. The van der Waals surface area contributed by atoms with Gasteiger partial charge in [-0.05, 0) is 12.3 Å². The summed E-state index contributed by atoms with van der Waals surface area (Å²) in [5.41, 5.74) is 0.237. The number of hydrogen-bond acceptors (Lipinski definition) is 2. The van der Waals surface area contributed by atoms with Crippen LogP contribution in [0.3, 0.4) is 0 Å². The first-order chi connectivity index (χ1) is 6.83. The molecule has 1 N–H and O–H groups in total. The molecule has 0 atom stereocenters. The van der Waals surface area contributed by atoms with E-state index in [1.807, 2.05) is 0 Å². The van der Waals surface area contributed by atoms with Crippen molar-refractivity contribution in [2.24, 2.45) is 11.3 Å². The van der Waals surface area contributed by atoms with Gasteiger partial charge in [-0.25, -0.2) is 0 Å². The lowest BCUT2D eigenvalue weighted by molar-refractivity contribution is 0.0552. The lowest BCUT2D eigenvalue weighted by Gasteiger charge is -2.26. The van der Waals surface area contributed by atoms with Crippen molar-refractivity contribution in [3.05, 3.63) is 0 Å². The van der Waals surface area contributed by atoms with E-state index in [0.717, 1.165) is 32.1 Å². The number of ether oxygens (including phenoxy) is 1. The fourth-order valence-electron chi connectivity index (χ4n) is 1.20. The van der Waals surface area contributed by atoms with Crippen LogP contribution in [0.1, 0.15) is 48.0 Å². The Morgan fingerprint density at radius 3 is 2.20 bits per heavy atom. The summed E-state index contributed by atoms with van der Waals surface area (Å²) in [6.45, 7) is 16.1. The summed E-state index contributed by atoms with van der Waals surface area (Å²) in [4.78, 5) is 0. The Morgan fingerprint density at radius 2 is 1.73 bits per heavy atom. The predicted octanol–water partition coefficient (Wildman–Crippen LogP) is 3.07. The van der Waals surface area contributed by atoms with Crippen molar-refractivity contribution in [1.82, 2.24) is 5.32 Å². The molecule has 2 heteroatoms. The first kappa shape index (κ1) is 14.9. The maximum absolute atomic E-state index is 5.70. The van der Waals surface area contributed by atoms with Gasteiger partial charge in [-0.3, -0.25) is 0 Å². The minimum Gasteiger partial charge on any atom is -0.381 e. The Bertz CT molecular complexity index is 153. The van der Waals surface area contributed by atoms with Gasteiger partial charge in [0.2, 0.25) is 0 Å². The van der Waals surface area contributed by atoms with Crippen molar-refractivity contribution in [1.29, 1.82) is 0 Å². The van der Waals surface area contributed by atoms with E-state index >= 15 is 0 Å². The van der Waals surface area contributed by atoms with Gasteiger partial charge in [-0.15, -0.1) is 0 Å². The van der Waals surface area contributed by atoms with Crippen molar-refractivity contribution in [3.63, 3.8) is 0 Å². The molecule has 0 aliphatic rings. The zero-order valence-electron chi connectivity index (χ0n) is 11.4. The quantitative estimate of drug-likeness (QED) is 0.628. The summed E-state index contributed by atoms with van der Waals surface area (Å²) < 4.78 is 5.70. The topological polar surface area (TPSA) is 21.3 Å². The summed E-state index contributed by atoms with van der Waals surface area (Å²) in [5.74, 6) is 0.738. The van der Waals surface area contributed by atoms with Crippen LogP contribution in [0, 0.1) is 11.3 Å². The molecule has 0 aliphatic carbocycles. The molecule has 0 rings (SSSR count). The van der Waals surface area contributed by atoms with Gasteiger partial charge in [0.1, 0.15) is 0 Å². The molecule has 0 heterocycles. The average molecular weight is 215 g/mol. The monoisotopic (exact) mass is 215 g/mol. The fraction of sp³-hybridized carbons (Fsp3) is 1.00. The maximum Gasteiger partial charge on any atom is 0.0529 e. The van der Waals surface area contributed by atoms with E-state index in [2.05, 4.69) is 46.9 Å². The largest absolute Gasteiger partial charge is 0.381 e. The molecular formula is C13H29NO. The van der Waals surface area contributed by atoms with Gasteiger partial charge in [-0.2, -0.15) is 0 Å². The highest BCUT2D eigenvalue weighted by Gasteiger charge is 2.18. The van der Waals surface area contributed by atoms with Crippen LogP contribution in [0.4, 0.5) is 0 Å². The summed E-state index contributed by atoms with van der Waals surface area (Å²) in [7, 11) is 0. The molecule has 0 radical (unpaired) electrons. The van der Waals surface area contributed by atoms with Gasteiger partial charge in [0.05, 0.1) is 6.61 Å². The highest BCUT2D eigenvalue weighted by Crippen LogP contribution is 2.14. The van der Waals surface area contributed by atoms with Crippen LogP contribution in [0.25, 0.3) is 0 Å². The number of rotatable bonds is 8. The Balaban J connectivity index is 3.55. The molecule has 0 saturated carbocycles. The average Bonchev–Trinajstić information content (AvgIpc) is 2.09. The molecule has 92 valence electrons. The van der Waals surface area contributed by atoms with Crippen LogP contribution in [0.15, 0.2) is 0 Å².